The van der Waals surface area contributed by atoms with E-state index in [-0.39, 0.29) is 23.8 Å². The minimum atomic E-state index is -0.954. The molecule has 0 atom stereocenters. The number of carboxylic acid groups (broad SMARTS) is 1. The lowest BCUT2D eigenvalue weighted by Crippen LogP contribution is -2.43. The molecule has 0 aromatic rings. The average Bonchev–Trinajstić information content (AvgIpc) is 2.38. The summed E-state index contributed by atoms with van der Waals surface area (Å²) < 4.78 is 0. The van der Waals surface area contributed by atoms with Crippen LogP contribution in [0.5, 0.6) is 0 Å². The van der Waals surface area contributed by atoms with Crippen LogP contribution >= 0.6 is 0 Å². The monoisotopic (exact) mass is 284 g/mol. The molecule has 1 rings (SSSR count). The van der Waals surface area contributed by atoms with Gasteiger partial charge in [-0.2, -0.15) is 0 Å². The van der Waals surface area contributed by atoms with Gasteiger partial charge < -0.3 is 15.7 Å². The fourth-order valence-electron chi connectivity index (χ4n) is 3.05. The Morgan fingerprint density at radius 3 is 2.30 bits per heavy atom. The summed E-state index contributed by atoms with van der Waals surface area (Å²) in [6, 6.07) is 0. The number of aliphatic carboxylic acids is 1. The van der Waals surface area contributed by atoms with Crippen LogP contribution in [0.3, 0.4) is 0 Å². The molecular weight excluding hydrogens is 256 g/mol. The lowest BCUT2D eigenvalue weighted by molar-refractivity contribution is -0.146. The molecular formula is C15H28N2O3. The number of nitrogens with two attached hydrogens (primary N) is 1. The molecule has 1 aliphatic rings. The first-order chi connectivity index (χ1) is 9.38. The Hall–Kier alpha value is -1.10. The van der Waals surface area contributed by atoms with Crippen LogP contribution in [0, 0.1) is 11.3 Å². The Balaban J connectivity index is 2.69. The molecule has 5 nitrogen and oxygen atoms in total. The highest BCUT2D eigenvalue weighted by atomic mass is 16.4. The first-order valence-electron chi connectivity index (χ1n) is 7.58. The van der Waals surface area contributed by atoms with Gasteiger partial charge in [-0.15, -0.1) is 0 Å². The first kappa shape index (κ1) is 17.0. The molecule has 3 N–H and O–H groups in total. The van der Waals surface area contributed by atoms with Crippen molar-refractivity contribution in [1.82, 2.24) is 4.90 Å². The normalized spacial score (nSPS) is 18.0. The van der Waals surface area contributed by atoms with Gasteiger partial charge in [0.15, 0.2) is 0 Å². The number of rotatable bonds is 7. The highest BCUT2D eigenvalue weighted by Gasteiger charge is 2.34. The lowest BCUT2D eigenvalue weighted by atomic mass is 9.71. The van der Waals surface area contributed by atoms with Gasteiger partial charge in [0.1, 0.15) is 6.54 Å². The van der Waals surface area contributed by atoms with Crippen molar-refractivity contribution in [3.05, 3.63) is 0 Å². The van der Waals surface area contributed by atoms with Crippen molar-refractivity contribution in [2.24, 2.45) is 17.1 Å². The summed E-state index contributed by atoms with van der Waals surface area (Å²) in [5.41, 5.74) is 5.79. The van der Waals surface area contributed by atoms with E-state index in [0.717, 1.165) is 25.7 Å². The van der Waals surface area contributed by atoms with Crippen molar-refractivity contribution < 1.29 is 14.7 Å². The van der Waals surface area contributed by atoms with Crippen LogP contribution in [0.15, 0.2) is 0 Å². The maximum Gasteiger partial charge on any atom is 0.323 e. The molecule has 0 bridgehead atoms. The second-order valence-corrected chi connectivity index (χ2v) is 6.50. The summed E-state index contributed by atoms with van der Waals surface area (Å²) in [6.07, 6.45) is 5.81. The first-order valence-corrected chi connectivity index (χ1v) is 7.58. The van der Waals surface area contributed by atoms with Gasteiger partial charge in [0.05, 0.1) is 0 Å². The highest BCUT2D eigenvalue weighted by Crippen LogP contribution is 2.38. The Morgan fingerprint density at radius 1 is 1.25 bits per heavy atom. The minimum absolute atomic E-state index is 0.0616. The highest BCUT2D eigenvalue weighted by molar-refractivity contribution is 5.81. The van der Waals surface area contributed by atoms with Gasteiger partial charge in [-0.3, -0.25) is 9.59 Å². The van der Waals surface area contributed by atoms with Crippen LogP contribution in [0.1, 0.15) is 52.4 Å². The molecule has 1 amide bonds. The van der Waals surface area contributed by atoms with E-state index in [0.29, 0.717) is 19.5 Å². The van der Waals surface area contributed by atoms with Crippen molar-refractivity contribution in [3.63, 3.8) is 0 Å². The van der Waals surface area contributed by atoms with Crippen LogP contribution < -0.4 is 5.73 Å². The van der Waals surface area contributed by atoms with E-state index < -0.39 is 5.97 Å². The zero-order valence-electron chi connectivity index (χ0n) is 12.7. The summed E-state index contributed by atoms with van der Waals surface area (Å²) in [7, 11) is 0. The lowest BCUT2D eigenvalue weighted by Gasteiger charge is -2.37. The van der Waals surface area contributed by atoms with Gasteiger partial charge in [0.2, 0.25) is 5.91 Å². The fourth-order valence-corrected chi connectivity index (χ4v) is 3.05. The number of carbonyl (C=O) groups excluding carboxylic acids is 1. The minimum Gasteiger partial charge on any atom is -0.480 e. The maximum atomic E-state index is 12.5. The molecule has 1 saturated carbocycles. The number of carbonyl (C=O) groups is 2. The molecule has 0 spiro atoms. The topological polar surface area (TPSA) is 83.6 Å². The van der Waals surface area contributed by atoms with Crippen LogP contribution in [0.2, 0.25) is 0 Å². The molecule has 1 aliphatic carbocycles. The Bertz CT molecular complexity index is 336. The van der Waals surface area contributed by atoms with E-state index in [1.807, 2.05) is 13.8 Å². The zero-order valence-corrected chi connectivity index (χ0v) is 12.7. The maximum absolute atomic E-state index is 12.5. The summed E-state index contributed by atoms with van der Waals surface area (Å²) in [5.74, 6) is -0.753. The number of hydrogen-bond acceptors (Lipinski definition) is 3. The number of carboxylic acids is 1. The second kappa shape index (κ2) is 7.62. The number of nitrogens with zero attached hydrogens (tertiary/aromatic N) is 1. The van der Waals surface area contributed by atoms with Gasteiger partial charge in [-0.1, -0.05) is 33.1 Å². The summed E-state index contributed by atoms with van der Waals surface area (Å²) in [5, 5.41) is 8.95. The molecule has 0 heterocycles. The Morgan fingerprint density at radius 2 is 1.85 bits per heavy atom. The quantitative estimate of drug-likeness (QED) is 0.747. The van der Waals surface area contributed by atoms with E-state index >= 15 is 0 Å². The molecule has 1 fully saturated rings. The second-order valence-electron chi connectivity index (χ2n) is 6.50. The van der Waals surface area contributed by atoms with Crippen LogP contribution in [0.4, 0.5) is 0 Å². The molecule has 0 aromatic carbocycles. The van der Waals surface area contributed by atoms with Crippen molar-refractivity contribution in [2.75, 3.05) is 19.6 Å². The molecule has 0 radical (unpaired) electrons. The summed E-state index contributed by atoms with van der Waals surface area (Å²) in [4.78, 5) is 24.8. The van der Waals surface area contributed by atoms with Gasteiger partial charge in [-0.25, -0.2) is 0 Å². The summed E-state index contributed by atoms with van der Waals surface area (Å²) >= 11 is 0. The van der Waals surface area contributed by atoms with E-state index in [4.69, 9.17) is 10.8 Å². The smallest absolute Gasteiger partial charge is 0.323 e. The third kappa shape index (κ3) is 5.12. The van der Waals surface area contributed by atoms with Crippen LogP contribution in [-0.4, -0.2) is 41.5 Å². The van der Waals surface area contributed by atoms with E-state index in [2.05, 4.69) is 0 Å². The molecule has 0 aliphatic heterocycles. The van der Waals surface area contributed by atoms with E-state index in [1.54, 1.807) is 0 Å². The Kier molecular flexibility index (Phi) is 6.46. The number of hydrogen-bond donors (Lipinski definition) is 2. The largest absolute Gasteiger partial charge is 0.480 e. The van der Waals surface area contributed by atoms with Crippen molar-refractivity contribution in [3.8, 4) is 0 Å². The third-order valence-electron chi connectivity index (χ3n) is 4.14. The van der Waals surface area contributed by atoms with Gasteiger partial charge >= 0.3 is 5.97 Å². The van der Waals surface area contributed by atoms with Crippen LogP contribution in [0.25, 0.3) is 0 Å². The Labute approximate surface area is 121 Å². The average molecular weight is 284 g/mol. The van der Waals surface area contributed by atoms with Gasteiger partial charge in [0, 0.05) is 13.0 Å². The zero-order chi connectivity index (χ0) is 15.2. The van der Waals surface area contributed by atoms with Gasteiger partial charge in [0.25, 0.3) is 0 Å². The molecule has 5 heteroatoms. The van der Waals surface area contributed by atoms with Crippen LogP contribution in [-0.2, 0) is 9.59 Å². The standard InChI is InChI=1S/C15H28N2O3/c1-12(2)9-17(10-14(19)20)13(18)8-15(11-16)6-4-3-5-7-15/h12H,3-11,16H2,1-2H3,(H,19,20). The third-order valence-corrected chi connectivity index (χ3v) is 4.14. The number of amides is 1. The SMILES string of the molecule is CC(C)CN(CC(=O)O)C(=O)CC1(CN)CCCCC1. The molecule has 116 valence electrons. The van der Waals surface area contributed by atoms with Crippen molar-refractivity contribution in [1.29, 1.82) is 0 Å². The molecule has 0 saturated heterocycles. The van der Waals surface area contributed by atoms with E-state index in [9.17, 15) is 9.59 Å². The molecule has 0 unspecified atom stereocenters. The van der Waals surface area contributed by atoms with Crippen molar-refractivity contribution in [2.45, 2.75) is 52.4 Å². The van der Waals surface area contributed by atoms with Gasteiger partial charge in [-0.05, 0) is 30.7 Å². The predicted molar refractivity (Wildman–Crippen MR) is 78.2 cm³/mol. The van der Waals surface area contributed by atoms with E-state index in [1.165, 1.54) is 11.3 Å². The summed E-state index contributed by atoms with van der Waals surface area (Å²) in [6.45, 7) is 4.77. The molecule has 0 aromatic heterocycles. The fraction of sp³-hybridized carbons (Fsp3) is 0.867. The molecule has 20 heavy (non-hydrogen) atoms. The van der Waals surface area contributed by atoms with Crippen molar-refractivity contribution >= 4 is 11.9 Å². The predicted octanol–water partition coefficient (Wildman–Crippen LogP) is 1.85.